The van der Waals surface area contributed by atoms with Gasteiger partial charge in [-0.3, -0.25) is 0 Å². The summed E-state index contributed by atoms with van der Waals surface area (Å²) in [6.45, 7) is 1.06. The van der Waals surface area contributed by atoms with Gasteiger partial charge in [0.25, 0.3) is 0 Å². The summed E-state index contributed by atoms with van der Waals surface area (Å²) in [5.74, 6) is 0.916. The first kappa shape index (κ1) is 12.4. The molecule has 0 radical (unpaired) electrons. The number of nitrogens with one attached hydrogen (secondary N) is 1. The Balaban J connectivity index is 2.00. The number of hydrogen-bond donors (Lipinski definition) is 1. The molecule has 0 spiro atoms. The van der Waals surface area contributed by atoms with E-state index in [4.69, 9.17) is 4.74 Å². The number of rotatable bonds is 6. The molecule has 3 nitrogen and oxygen atoms in total. The Labute approximate surface area is 104 Å². The van der Waals surface area contributed by atoms with Crippen molar-refractivity contribution < 1.29 is 4.74 Å². The molecule has 17 heavy (non-hydrogen) atoms. The predicted molar refractivity (Wildman–Crippen MR) is 70.4 cm³/mol. The topological polar surface area (TPSA) is 24.5 Å². The quantitative estimate of drug-likeness (QED) is 0.815. The molecule has 1 N–H and O–H groups in total. The van der Waals surface area contributed by atoms with Gasteiger partial charge in [0.2, 0.25) is 0 Å². The fourth-order valence-electron chi connectivity index (χ4n) is 2.15. The summed E-state index contributed by atoms with van der Waals surface area (Å²) in [5.41, 5.74) is 1.32. The van der Waals surface area contributed by atoms with Crippen molar-refractivity contribution >= 4 is 0 Å². The van der Waals surface area contributed by atoms with Crippen molar-refractivity contribution in [3.05, 3.63) is 29.8 Å². The molecule has 1 fully saturated rings. The molecule has 1 saturated carbocycles. The fourth-order valence-corrected chi connectivity index (χ4v) is 2.15. The van der Waals surface area contributed by atoms with Gasteiger partial charge in [0.05, 0.1) is 7.11 Å². The molecule has 3 heteroatoms. The van der Waals surface area contributed by atoms with Crippen LogP contribution in [0.25, 0.3) is 0 Å². The largest absolute Gasteiger partial charge is 0.497 e. The SMILES string of the molecule is CNC(CN(C)C1CC1)c1ccc(OC)cc1. The molecule has 0 bridgehead atoms. The molecular formula is C14H22N2O. The smallest absolute Gasteiger partial charge is 0.118 e. The van der Waals surface area contributed by atoms with Gasteiger partial charge >= 0.3 is 0 Å². The first-order chi connectivity index (χ1) is 8.24. The van der Waals surface area contributed by atoms with Crippen LogP contribution in [0.4, 0.5) is 0 Å². The normalized spacial score (nSPS) is 17.2. The highest BCUT2D eigenvalue weighted by Gasteiger charge is 2.27. The maximum absolute atomic E-state index is 5.18. The first-order valence-corrected chi connectivity index (χ1v) is 6.26. The van der Waals surface area contributed by atoms with E-state index in [9.17, 15) is 0 Å². The van der Waals surface area contributed by atoms with Crippen LogP contribution < -0.4 is 10.1 Å². The standard InChI is InChI=1S/C14H22N2O/c1-15-14(10-16(2)12-6-7-12)11-4-8-13(17-3)9-5-11/h4-5,8-9,12,14-15H,6-7,10H2,1-3H3. The van der Waals surface area contributed by atoms with E-state index in [1.807, 2.05) is 19.2 Å². The fraction of sp³-hybridized carbons (Fsp3) is 0.571. The van der Waals surface area contributed by atoms with Gasteiger partial charge in [-0.1, -0.05) is 12.1 Å². The van der Waals surface area contributed by atoms with E-state index in [0.717, 1.165) is 18.3 Å². The third-order valence-electron chi connectivity index (χ3n) is 3.51. The lowest BCUT2D eigenvalue weighted by Crippen LogP contribution is -2.32. The summed E-state index contributed by atoms with van der Waals surface area (Å²) in [4.78, 5) is 2.45. The van der Waals surface area contributed by atoms with Gasteiger partial charge in [-0.05, 0) is 44.6 Å². The van der Waals surface area contributed by atoms with E-state index in [2.05, 4.69) is 29.4 Å². The summed E-state index contributed by atoms with van der Waals surface area (Å²) in [5, 5.41) is 3.39. The highest BCUT2D eigenvalue weighted by molar-refractivity contribution is 5.29. The van der Waals surface area contributed by atoms with E-state index < -0.39 is 0 Å². The molecule has 1 unspecified atom stereocenters. The van der Waals surface area contributed by atoms with Crippen molar-refractivity contribution in [2.45, 2.75) is 24.9 Å². The van der Waals surface area contributed by atoms with E-state index in [1.165, 1.54) is 18.4 Å². The van der Waals surface area contributed by atoms with Crippen LogP contribution in [0.2, 0.25) is 0 Å². The Hall–Kier alpha value is -1.06. The van der Waals surface area contributed by atoms with Crippen LogP contribution in [0.5, 0.6) is 5.75 Å². The molecule has 0 heterocycles. The average Bonchev–Trinajstić information content (AvgIpc) is 3.20. The zero-order chi connectivity index (χ0) is 12.3. The number of nitrogens with zero attached hydrogens (tertiary/aromatic N) is 1. The summed E-state index contributed by atoms with van der Waals surface area (Å²) < 4.78 is 5.18. The third-order valence-corrected chi connectivity index (χ3v) is 3.51. The van der Waals surface area contributed by atoms with Gasteiger partial charge in [-0.15, -0.1) is 0 Å². The molecule has 94 valence electrons. The molecule has 1 aromatic carbocycles. The van der Waals surface area contributed by atoms with E-state index in [0.29, 0.717) is 6.04 Å². The highest BCUT2D eigenvalue weighted by Crippen LogP contribution is 2.27. The van der Waals surface area contributed by atoms with Crippen molar-refractivity contribution in [3.8, 4) is 5.75 Å². The Bertz CT molecular complexity index is 346. The van der Waals surface area contributed by atoms with Crippen molar-refractivity contribution in [3.63, 3.8) is 0 Å². The van der Waals surface area contributed by atoms with Crippen LogP contribution in [0.15, 0.2) is 24.3 Å². The summed E-state index contributed by atoms with van der Waals surface area (Å²) in [6.07, 6.45) is 2.71. The molecule has 0 amide bonds. The molecule has 2 rings (SSSR count). The van der Waals surface area contributed by atoms with Crippen LogP contribution in [-0.2, 0) is 0 Å². The van der Waals surface area contributed by atoms with Crippen LogP contribution in [-0.4, -0.2) is 38.7 Å². The second-order valence-electron chi connectivity index (χ2n) is 4.79. The van der Waals surface area contributed by atoms with Gasteiger partial charge in [-0.2, -0.15) is 0 Å². The second kappa shape index (κ2) is 5.52. The van der Waals surface area contributed by atoms with Crippen LogP contribution in [0.1, 0.15) is 24.4 Å². The Kier molecular flexibility index (Phi) is 4.02. The summed E-state index contributed by atoms with van der Waals surface area (Å²) >= 11 is 0. The molecule has 1 atom stereocenters. The van der Waals surface area contributed by atoms with Crippen molar-refractivity contribution in [2.24, 2.45) is 0 Å². The lowest BCUT2D eigenvalue weighted by atomic mass is 10.1. The van der Waals surface area contributed by atoms with Crippen LogP contribution in [0, 0.1) is 0 Å². The maximum atomic E-state index is 5.18. The second-order valence-corrected chi connectivity index (χ2v) is 4.79. The Morgan fingerprint density at radius 1 is 1.35 bits per heavy atom. The monoisotopic (exact) mass is 234 g/mol. The zero-order valence-corrected chi connectivity index (χ0v) is 10.9. The third kappa shape index (κ3) is 3.20. The molecule has 0 aromatic heterocycles. The molecule has 1 aliphatic carbocycles. The summed E-state index contributed by atoms with van der Waals surface area (Å²) in [7, 11) is 5.94. The Morgan fingerprint density at radius 2 is 2.00 bits per heavy atom. The molecular weight excluding hydrogens is 212 g/mol. The minimum atomic E-state index is 0.395. The molecule has 0 aliphatic heterocycles. The average molecular weight is 234 g/mol. The van der Waals surface area contributed by atoms with Crippen molar-refractivity contribution in [2.75, 3.05) is 27.7 Å². The molecule has 1 aromatic rings. The lowest BCUT2D eigenvalue weighted by molar-refractivity contribution is 0.287. The first-order valence-electron chi connectivity index (χ1n) is 6.26. The molecule has 0 saturated heterocycles. The van der Waals surface area contributed by atoms with Gasteiger partial charge < -0.3 is 15.0 Å². The van der Waals surface area contributed by atoms with Crippen LogP contribution >= 0.6 is 0 Å². The number of hydrogen-bond acceptors (Lipinski definition) is 3. The molecule has 1 aliphatic rings. The zero-order valence-electron chi connectivity index (χ0n) is 10.9. The van der Waals surface area contributed by atoms with Crippen molar-refractivity contribution in [1.29, 1.82) is 0 Å². The maximum Gasteiger partial charge on any atom is 0.118 e. The van der Waals surface area contributed by atoms with Crippen molar-refractivity contribution in [1.82, 2.24) is 10.2 Å². The van der Waals surface area contributed by atoms with E-state index in [-0.39, 0.29) is 0 Å². The van der Waals surface area contributed by atoms with E-state index >= 15 is 0 Å². The minimum Gasteiger partial charge on any atom is -0.497 e. The highest BCUT2D eigenvalue weighted by atomic mass is 16.5. The Morgan fingerprint density at radius 3 is 2.47 bits per heavy atom. The van der Waals surface area contributed by atoms with Gasteiger partial charge in [0.15, 0.2) is 0 Å². The van der Waals surface area contributed by atoms with Gasteiger partial charge in [-0.25, -0.2) is 0 Å². The summed E-state index contributed by atoms with van der Waals surface area (Å²) in [6, 6.07) is 9.53. The predicted octanol–water partition coefficient (Wildman–Crippen LogP) is 2.05. The number of likely N-dealkylation sites (N-methyl/N-ethyl adjacent to an activating group) is 2. The van der Waals surface area contributed by atoms with Crippen LogP contribution in [0.3, 0.4) is 0 Å². The number of methoxy groups -OCH3 is 1. The van der Waals surface area contributed by atoms with E-state index in [1.54, 1.807) is 7.11 Å². The lowest BCUT2D eigenvalue weighted by Gasteiger charge is -2.24. The number of ether oxygens (including phenoxy) is 1. The number of benzene rings is 1. The van der Waals surface area contributed by atoms with Gasteiger partial charge in [0.1, 0.15) is 5.75 Å². The van der Waals surface area contributed by atoms with Gasteiger partial charge in [0, 0.05) is 18.6 Å². The minimum absolute atomic E-state index is 0.395.